The van der Waals surface area contributed by atoms with Crippen molar-refractivity contribution >= 4 is 11.6 Å². The van der Waals surface area contributed by atoms with Crippen molar-refractivity contribution in [3.8, 4) is 0 Å². The Kier molecular flexibility index (Phi) is 3.24. The van der Waals surface area contributed by atoms with Crippen LogP contribution in [-0.4, -0.2) is 12.6 Å². The molecule has 2 nitrogen and oxygen atoms in total. The topological polar surface area (TPSA) is 38.0 Å². The minimum Gasteiger partial charge on any atom is -0.323 e. The predicted octanol–water partition coefficient (Wildman–Crippen LogP) is 2.23. The van der Waals surface area contributed by atoms with Gasteiger partial charge in [-0.25, -0.2) is 4.39 Å². The number of halogens is 2. The molecule has 1 aromatic carbocycles. The lowest BCUT2D eigenvalue weighted by atomic mass is 10.1. The Hall–Kier alpha value is -0.640. The standard InChI is InChI=1S/C11H14ClFN2/c12-7-1-4-10(13)9(5-7)11(14)6-15-8-2-3-8/h1,4-5,8,11,15H,2-3,6,14H2. The van der Waals surface area contributed by atoms with Crippen LogP contribution in [0.1, 0.15) is 24.4 Å². The Labute approximate surface area is 93.6 Å². The molecule has 0 bridgehead atoms. The van der Waals surface area contributed by atoms with Crippen LogP contribution in [0.25, 0.3) is 0 Å². The van der Waals surface area contributed by atoms with Crippen LogP contribution in [0.3, 0.4) is 0 Å². The van der Waals surface area contributed by atoms with Crippen molar-refractivity contribution in [1.29, 1.82) is 0 Å². The molecular formula is C11H14ClFN2. The molecule has 1 aliphatic carbocycles. The third kappa shape index (κ3) is 2.91. The SMILES string of the molecule is NC(CNC1CC1)c1cc(Cl)ccc1F. The zero-order chi connectivity index (χ0) is 10.8. The first-order chi connectivity index (χ1) is 7.16. The lowest BCUT2D eigenvalue weighted by Crippen LogP contribution is -2.29. The van der Waals surface area contributed by atoms with E-state index in [-0.39, 0.29) is 11.9 Å². The van der Waals surface area contributed by atoms with Crippen molar-refractivity contribution in [2.24, 2.45) is 5.73 Å². The normalized spacial score (nSPS) is 17.8. The molecule has 0 amide bonds. The predicted molar refractivity (Wildman–Crippen MR) is 59.4 cm³/mol. The highest BCUT2D eigenvalue weighted by molar-refractivity contribution is 6.30. The van der Waals surface area contributed by atoms with E-state index in [2.05, 4.69) is 5.32 Å². The third-order valence-electron chi connectivity index (χ3n) is 2.56. The van der Waals surface area contributed by atoms with Gasteiger partial charge < -0.3 is 11.1 Å². The van der Waals surface area contributed by atoms with Gasteiger partial charge in [-0.15, -0.1) is 0 Å². The zero-order valence-electron chi connectivity index (χ0n) is 8.34. The van der Waals surface area contributed by atoms with Crippen LogP contribution >= 0.6 is 11.6 Å². The Morgan fingerprint density at radius 1 is 1.53 bits per heavy atom. The van der Waals surface area contributed by atoms with Gasteiger partial charge in [0, 0.05) is 29.2 Å². The summed E-state index contributed by atoms with van der Waals surface area (Å²) in [4.78, 5) is 0. The molecule has 1 unspecified atom stereocenters. The maximum absolute atomic E-state index is 13.4. The lowest BCUT2D eigenvalue weighted by Gasteiger charge is -2.13. The summed E-state index contributed by atoms with van der Waals surface area (Å²) >= 11 is 5.79. The van der Waals surface area contributed by atoms with Crippen molar-refractivity contribution in [3.05, 3.63) is 34.6 Å². The summed E-state index contributed by atoms with van der Waals surface area (Å²) in [6.45, 7) is 0.599. The van der Waals surface area contributed by atoms with Gasteiger partial charge in [-0.05, 0) is 31.0 Å². The largest absolute Gasteiger partial charge is 0.323 e. The monoisotopic (exact) mass is 228 g/mol. The first-order valence-corrected chi connectivity index (χ1v) is 5.48. The molecule has 0 spiro atoms. The average molecular weight is 229 g/mol. The molecule has 3 N–H and O–H groups in total. The fourth-order valence-corrected chi connectivity index (χ4v) is 1.67. The zero-order valence-corrected chi connectivity index (χ0v) is 9.10. The highest BCUT2D eigenvalue weighted by Gasteiger charge is 2.22. The van der Waals surface area contributed by atoms with Gasteiger partial charge in [-0.1, -0.05) is 11.6 Å². The average Bonchev–Trinajstić information content (AvgIpc) is 3.02. The summed E-state index contributed by atoms with van der Waals surface area (Å²) in [6, 6.07) is 4.73. The van der Waals surface area contributed by atoms with Crippen LogP contribution in [0, 0.1) is 5.82 Å². The summed E-state index contributed by atoms with van der Waals surface area (Å²) in [7, 11) is 0. The Morgan fingerprint density at radius 2 is 2.27 bits per heavy atom. The van der Waals surface area contributed by atoms with E-state index in [9.17, 15) is 4.39 Å². The maximum atomic E-state index is 13.4. The van der Waals surface area contributed by atoms with Gasteiger partial charge in [-0.2, -0.15) is 0 Å². The molecule has 1 atom stereocenters. The molecule has 82 valence electrons. The molecule has 0 aromatic heterocycles. The van der Waals surface area contributed by atoms with E-state index in [0.29, 0.717) is 23.2 Å². The number of nitrogens with two attached hydrogens (primary N) is 1. The minimum atomic E-state index is -0.329. The molecule has 1 aromatic rings. The highest BCUT2D eigenvalue weighted by atomic mass is 35.5. The Balaban J connectivity index is 2.02. The Morgan fingerprint density at radius 3 is 2.93 bits per heavy atom. The molecule has 1 aliphatic rings. The number of rotatable bonds is 4. The van der Waals surface area contributed by atoms with Crippen LogP contribution in [0.2, 0.25) is 5.02 Å². The maximum Gasteiger partial charge on any atom is 0.128 e. The van der Waals surface area contributed by atoms with Gasteiger partial charge in [0.1, 0.15) is 5.82 Å². The van der Waals surface area contributed by atoms with E-state index >= 15 is 0 Å². The number of hydrogen-bond donors (Lipinski definition) is 2. The van der Waals surface area contributed by atoms with Gasteiger partial charge in [0.25, 0.3) is 0 Å². The summed E-state index contributed by atoms with van der Waals surface area (Å²) in [5, 5.41) is 3.79. The molecule has 1 saturated carbocycles. The minimum absolute atomic E-state index is 0.288. The van der Waals surface area contributed by atoms with Crippen molar-refractivity contribution in [1.82, 2.24) is 5.32 Å². The fraction of sp³-hybridized carbons (Fsp3) is 0.455. The molecule has 4 heteroatoms. The molecular weight excluding hydrogens is 215 g/mol. The summed E-state index contributed by atoms with van der Waals surface area (Å²) in [5.74, 6) is -0.288. The fourth-order valence-electron chi connectivity index (χ4n) is 1.49. The molecule has 2 rings (SSSR count). The third-order valence-corrected chi connectivity index (χ3v) is 2.80. The highest BCUT2D eigenvalue weighted by Crippen LogP contribution is 2.22. The van der Waals surface area contributed by atoms with Gasteiger partial charge in [0.2, 0.25) is 0 Å². The molecule has 1 fully saturated rings. The number of benzene rings is 1. The van der Waals surface area contributed by atoms with Crippen LogP contribution < -0.4 is 11.1 Å². The summed E-state index contributed by atoms with van der Waals surface area (Å²) < 4.78 is 13.4. The number of nitrogens with one attached hydrogen (secondary N) is 1. The first-order valence-electron chi connectivity index (χ1n) is 5.10. The van der Waals surface area contributed by atoms with Crippen LogP contribution in [0.15, 0.2) is 18.2 Å². The second-order valence-electron chi connectivity index (χ2n) is 3.95. The summed E-state index contributed by atoms with van der Waals surface area (Å²) in [6.07, 6.45) is 2.40. The number of hydrogen-bond acceptors (Lipinski definition) is 2. The molecule has 0 radical (unpaired) electrons. The van der Waals surface area contributed by atoms with Gasteiger partial charge in [0.15, 0.2) is 0 Å². The first kappa shape index (κ1) is 10.9. The van der Waals surface area contributed by atoms with E-state index in [4.69, 9.17) is 17.3 Å². The van der Waals surface area contributed by atoms with E-state index in [1.54, 1.807) is 6.07 Å². The molecule has 0 heterocycles. The quantitative estimate of drug-likeness (QED) is 0.830. The van der Waals surface area contributed by atoms with E-state index in [1.165, 1.54) is 25.0 Å². The van der Waals surface area contributed by atoms with E-state index < -0.39 is 0 Å². The van der Waals surface area contributed by atoms with Crippen LogP contribution in [0.5, 0.6) is 0 Å². The second-order valence-corrected chi connectivity index (χ2v) is 4.39. The van der Waals surface area contributed by atoms with Crippen molar-refractivity contribution in [3.63, 3.8) is 0 Å². The van der Waals surface area contributed by atoms with Crippen molar-refractivity contribution < 1.29 is 4.39 Å². The summed E-state index contributed by atoms with van der Waals surface area (Å²) in [5.41, 5.74) is 6.36. The smallest absolute Gasteiger partial charge is 0.128 e. The van der Waals surface area contributed by atoms with Gasteiger partial charge in [-0.3, -0.25) is 0 Å². The van der Waals surface area contributed by atoms with Crippen molar-refractivity contribution in [2.75, 3.05) is 6.54 Å². The molecule has 0 saturated heterocycles. The second kappa shape index (κ2) is 4.47. The van der Waals surface area contributed by atoms with Gasteiger partial charge >= 0.3 is 0 Å². The van der Waals surface area contributed by atoms with E-state index in [1.807, 2.05) is 0 Å². The van der Waals surface area contributed by atoms with Crippen LogP contribution in [-0.2, 0) is 0 Å². The van der Waals surface area contributed by atoms with E-state index in [0.717, 1.165) is 0 Å². The Bertz CT molecular complexity index is 352. The molecule has 0 aliphatic heterocycles. The lowest BCUT2D eigenvalue weighted by molar-refractivity contribution is 0.548. The molecule has 15 heavy (non-hydrogen) atoms. The van der Waals surface area contributed by atoms with Crippen LogP contribution in [0.4, 0.5) is 4.39 Å². The van der Waals surface area contributed by atoms with Crippen molar-refractivity contribution in [2.45, 2.75) is 24.9 Å². The van der Waals surface area contributed by atoms with Gasteiger partial charge in [0.05, 0.1) is 0 Å².